The van der Waals surface area contributed by atoms with Gasteiger partial charge in [0.2, 0.25) is 5.89 Å². The summed E-state index contributed by atoms with van der Waals surface area (Å²) in [6.07, 6.45) is -0.294. The summed E-state index contributed by atoms with van der Waals surface area (Å²) < 4.78 is 5.43. The van der Waals surface area contributed by atoms with Crippen molar-refractivity contribution in [3.05, 3.63) is 17.3 Å². The average Bonchev–Trinajstić information content (AvgIpc) is 2.42. The van der Waals surface area contributed by atoms with E-state index in [1.807, 2.05) is 20.8 Å². The molecule has 1 rings (SSSR count). The van der Waals surface area contributed by atoms with E-state index in [9.17, 15) is 5.11 Å². The predicted octanol–water partition coefficient (Wildman–Crippen LogP) is 2.29. The monoisotopic (exact) mass is 215 g/mol. The van der Waals surface area contributed by atoms with Gasteiger partial charge in [0.05, 0.1) is 17.6 Å². The summed E-state index contributed by atoms with van der Waals surface area (Å²) in [6, 6.07) is 0. The molecule has 0 aromatic carbocycles. The molecule has 1 N–H and O–H groups in total. The summed E-state index contributed by atoms with van der Waals surface area (Å²) in [6.45, 7) is 7.64. The quantitative estimate of drug-likeness (QED) is 0.837. The van der Waals surface area contributed by atoms with Crippen LogP contribution in [0.15, 0.2) is 4.42 Å². The van der Waals surface area contributed by atoms with Gasteiger partial charge in [0.25, 0.3) is 0 Å². The maximum Gasteiger partial charge on any atom is 0.204 e. The second-order valence-corrected chi connectivity index (χ2v) is 4.87. The van der Waals surface area contributed by atoms with Crippen LogP contribution >= 0.6 is 11.8 Å². The van der Waals surface area contributed by atoms with Crippen molar-refractivity contribution in [3.63, 3.8) is 0 Å². The lowest BCUT2D eigenvalue weighted by molar-refractivity contribution is 0.196. The number of aliphatic hydroxyl groups is 1. The fraction of sp³-hybridized carbons (Fsp3) is 0.700. The Kier molecular flexibility index (Phi) is 4.01. The normalized spacial score (nSPS) is 15.5. The molecular formula is C10H17NO2S. The molecule has 0 spiro atoms. The van der Waals surface area contributed by atoms with Gasteiger partial charge in [-0.05, 0) is 20.8 Å². The molecule has 4 heteroatoms. The largest absolute Gasteiger partial charge is 0.445 e. The molecule has 0 aliphatic carbocycles. The van der Waals surface area contributed by atoms with E-state index in [1.165, 1.54) is 0 Å². The molecule has 0 saturated carbocycles. The van der Waals surface area contributed by atoms with Crippen molar-refractivity contribution < 1.29 is 9.52 Å². The number of oxazole rings is 1. The van der Waals surface area contributed by atoms with Gasteiger partial charge >= 0.3 is 0 Å². The number of thioether (sulfide) groups is 1. The van der Waals surface area contributed by atoms with Crippen LogP contribution in [0.2, 0.25) is 0 Å². The zero-order valence-electron chi connectivity index (χ0n) is 9.07. The lowest BCUT2D eigenvalue weighted by Gasteiger charge is -2.12. The van der Waals surface area contributed by atoms with Crippen molar-refractivity contribution in [2.24, 2.45) is 0 Å². The van der Waals surface area contributed by atoms with E-state index in [1.54, 1.807) is 18.7 Å². The second kappa shape index (κ2) is 4.84. The highest BCUT2D eigenvalue weighted by atomic mass is 32.2. The first-order chi connectivity index (χ1) is 6.50. The molecule has 1 aromatic rings. The molecule has 14 heavy (non-hydrogen) atoms. The van der Waals surface area contributed by atoms with Gasteiger partial charge in [-0.2, -0.15) is 0 Å². The van der Waals surface area contributed by atoms with Crippen molar-refractivity contribution in [3.8, 4) is 0 Å². The summed E-state index contributed by atoms with van der Waals surface area (Å²) in [7, 11) is 0. The minimum Gasteiger partial charge on any atom is -0.445 e. The van der Waals surface area contributed by atoms with E-state index >= 15 is 0 Å². The standard InChI is InChI=1S/C10H17NO2S/c1-6-8(3)13-10(11-6)5-14-9(4)7(2)12/h7,9,12H,5H2,1-4H3. The van der Waals surface area contributed by atoms with Gasteiger partial charge in [0, 0.05) is 5.25 Å². The first-order valence-electron chi connectivity index (χ1n) is 4.73. The van der Waals surface area contributed by atoms with Crippen LogP contribution in [0.5, 0.6) is 0 Å². The van der Waals surface area contributed by atoms with Gasteiger partial charge < -0.3 is 9.52 Å². The molecule has 0 aliphatic rings. The molecule has 0 aliphatic heterocycles. The summed E-state index contributed by atoms with van der Waals surface area (Å²) >= 11 is 1.65. The van der Waals surface area contributed by atoms with Crippen LogP contribution in [0.25, 0.3) is 0 Å². The van der Waals surface area contributed by atoms with E-state index in [2.05, 4.69) is 4.98 Å². The van der Waals surface area contributed by atoms with Crippen LogP contribution in [-0.4, -0.2) is 21.4 Å². The van der Waals surface area contributed by atoms with Crippen molar-refractivity contribution in [1.29, 1.82) is 0 Å². The number of aromatic nitrogens is 1. The smallest absolute Gasteiger partial charge is 0.204 e. The number of nitrogens with zero attached hydrogens (tertiary/aromatic N) is 1. The van der Waals surface area contributed by atoms with Crippen LogP contribution in [-0.2, 0) is 5.75 Å². The number of rotatable bonds is 4. The lowest BCUT2D eigenvalue weighted by atomic mass is 10.3. The fourth-order valence-corrected chi connectivity index (χ4v) is 1.75. The first-order valence-corrected chi connectivity index (χ1v) is 5.78. The van der Waals surface area contributed by atoms with Crippen LogP contribution in [0, 0.1) is 13.8 Å². The Balaban J connectivity index is 2.46. The molecule has 1 heterocycles. The minimum atomic E-state index is -0.294. The second-order valence-electron chi connectivity index (χ2n) is 3.51. The Morgan fingerprint density at radius 1 is 1.43 bits per heavy atom. The number of aliphatic hydroxyl groups excluding tert-OH is 1. The molecule has 80 valence electrons. The molecule has 2 unspecified atom stereocenters. The molecule has 0 bridgehead atoms. The topological polar surface area (TPSA) is 46.3 Å². The summed E-state index contributed by atoms with van der Waals surface area (Å²) in [5.74, 6) is 2.35. The van der Waals surface area contributed by atoms with E-state index in [4.69, 9.17) is 4.42 Å². The van der Waals surface area contributed by atoms with Crippen LogP contribution in [0.3, 0.4) is 0 Å². The SMILES string of the molecule is Cc1nc(CSC(C)C(C)O)oc1C. The summed E-state index contributed by atoms with van der Waals surface area (Å²) in [5.41, 5.74) is 0.949. The average molecular weight is 215 g/mol. The van der Waals surface area contributed by atoms with Crippen molar-refractivity contribution in [2.45, 2.75) is 44.8 Å². The summed E-state index contributed by atoms with van der Waals surface area (Å²) in [4.78, 5) is 4.27. The molecular weight excluding hydrogens is 198 g/mol. The van der Waals surface area contributed by atoms with E-state index in [-0.39, 0.29) is 11.4 Å². The van der Waals surface area contributed by atoms with Gasteiger partial charge in [-0.1, -0.05) is 6.92 Å². The van der Waals surface area contributed by atoms with Gasteiger partial charge in [0.1, 0.15) is 5.76 Å². The molecule has 2 atom stereocenters. The Morgan fingerprint density at radius 2 is 2.07 bits per heavy atom. The first kappa shape index (κ1) is 11.6. The number of hydrogen-bond acceptors (Lipinski definition) is 4. The number of aryl methyl sites for hydroxylation is 2. The molecule has 0 radical (unpaired) electrons. The van der Waals surface area contributed by atoms with E-state index in [0.717, 1.165) is 23.1 Å². The molecule has 0 amide bonds. The highest BCUT2D eigenvalue weighted by Crippen LogP contribution is 2.20. The predicted molar refractivity (Wildman–Crippen MR) is 58.4 cm³/mol. The maximum absolute atomic E-state index is 9.29. The van der Waals surface area contributed by atoms with Crippen LogP contribution in [0.1, 0.15) is 31.2 Å². The van der Waals surface area contributed by atoms with Crippen molar-refractivity contribution >= 4 is 11.8 Å². The molecule has 1 aromatic heterocycles. The Morgan fingerprint density at radius 3 is 2.50 bits per heavy atom. The fourth-order valence-electron chi connectivity index (χ4n) is 0.943. The van der Waals surface area contributed by atoms with E-state index in [0.29, 0.717) is 0 Å². The molecule has 0 fully saturated rings. The van der Waals surface area contributed by atoms with Crippen LogP contribution < -0.4 is 0 Å². The van der Waals surface area contributed by atoms with Gasteiger partial charge in [-0.25, -0.2) is 4.98 Å². The Hall–Kier alpha value is -0.480. The minimum absolute atomic E-state index is 0.211. The zero-order chi connectivity index (χ0) is 10.7. The Bertz CT molecular complexity index is 277. The third-order valence-corrected chi connectivity index (χ3v) is 3.56. The highest BCUT2D eigenvalue weighted by molar-refractivity contribution is 7.99. The lowest BCUT2D eigenvalue weighted by Crippen LogP contribution is -2.15. The van der Waals surface area contributed by atoms with Crippen molar-refractivity contribution in [2.75, 3.05) is 0 Å². The Labute approximate surface area is 88.9 Å². The third kappa shape index (κ3) is 3.03. The van der Waals surface area contributed by atoms with Gasteiger partial charge in [-0.3, -0.25) is 0 Å². The maximum atomic E-state index is 9.29. The summed E-state index contributed by atoms with van der Waals surface area (Å²) in [5, 5.41) is 9.50. The zero-order valence-corrected chi connectivity index (χ0v) is 9.89. The van der Waals surface area contributed by atoms with Crippen LogP contribution in [0.4, 0.5) is 0 Å². The van der Waals surface area contributed by atoms with Gasteiger partial charge in [0.15, 0.2) is 0 Å². The van der Waals surface area contributed by atoms with Crippen molar-refractivity contribution in [1.82, 2.24) is 4.98 Å². The highest BCUT2D eigenvalue weighted by Gasteiger charge is 2.12. The third-order valence-electron chi connectivity index (χ3n) is 2.22. The number of hydrogen-bond donors (Lipinski definition) is 1. The molecule has 0 saturated heterocycles. The van der Waals surface area contributed by atoms with Gasteiger partial charge in [-0.15, -0.1) is 11.8 Å². The molecule has 3 nitrogen and oxygen atoms in total. The van der Waals surface area contributed by atoms with E-state index < -0.39 is 0 Å².